The minimum atomic E-state index is 1.25. The van der Waals surface area contributed by atoms with E-state index in [0.29, 0.717) is 0 Å². The Bertz CT molecular complexity index is 3120. The van der Waals surface area contributed by atoms with Crippen LogP contribution in [0.25, 0.3) is 107 Å². The van der Waals surface area contributed by atoms with Crippen LogP contribution in [-0.2, 0) is 0 Å². The molecule has 1 heterocycles. The van der Waals surface area contributed by atoms with Gasteiger partial charge in [0.25, 0.3) is 0 Å². The molecule has 1 heteroatoms. The SMILES string of the molecule is c1ccc(-c2ccc3c(c2)c2ccccc2c2c4ccc(-c5c6ccccc6c(-c6cccc7ccccc67)c6ccccc56)cc4sc32)cc1. The van der Waals surface area contributed by atoms with Gasteiger partial charge in [-0.2, -0.15) is 0 Å². The highest BCUT2D eigenvalue weighted by atomic mass is 32.1. The summed E-state index contributed by atoms with van der Waals surface area (Å²) in [4.78, 5) is 0. The first kappa shape index (κ1) is 28.5. The summed E-state index contributed by atoms with van der Waals surface area (Å²) in [6, 6.07) is 67.3. The third-order valence-corrected chi connectivity index (χ3v) is 12.0. The topological polar surface area (TPSA) is 0 Å². The molecule has 0 radical (unpaired) electrons. The van der Waals surface area contributed by atoms with Crippen molar-refractivity contribution in [1.29, 1.82) is 0 Å². The molecule has 51 heavy (non-hydrogen) atoms. The summed E-state index contributed by atoms with van der Waals surface area (Å²) in [5, 5.41) is 15.6. The molecular formula is C50H30S. The fourth-order valence-corrected chi connectivity index (χ4v) is 9.89. The summed E-state index contributed by atoms with van der Waals surface area (Å²) < 4.78 is 2.68. The van der Waals surface area contributed by atoms with E-state index in [1.165, 1.54) is 107 Å². The van der Waals surface area contributed by atoms with E-state index >= 15 is 0 Å². The molecule has 0 N–H and O–H groups in total. The van der Waals surface area contributed by atoms with Crippen molar-refractivity contribution in [3.05, 3.63) is 182 Å². The summed E-state index contributed by atoms with van der Waals surface area (Å²) in [7, 11) is 0. The van der Waals surface area contributed by atoms with E-state index in [1.54, 1.807) is 0 Å². The van der Waals surface area contributed by atoms with Gasteiger partial charge >= 0.3 is 0 Å². The molecule has 11 rings (SSSR count). The summed E-state index contributed by atoms with van der Waals surface area (Å²) in [6.45, 7) is 0. The summed E-state index contributed by atoms with van der Waals surface area (Å²) >= 11 is 1.93. The van der Waals surface area contributed by atoms with Gasteiger partial charge in [-0.15, -0.1) is 11.3 Å². The number of hydrogen-bond acceptors (Lipinski definition) is 1. The zero-order chi connectivity index (χ0) is 33.5. The number of rotatable bonds is 3. The Hall–Kier alpha value is -6.28. The Morgan fingerprint density at radius 1 is 0.294 bits per heavy atom. The molecule has 11 aromatic rings. The quantitative estimate of drug-likeness (QED) is 0.130. The maximum Gasteiger partial charge on any atom is 0.0440 e. The van der Waals surface area contributed by atoms with Crippen LogP contribution >= 0.6 is 11.3 Å². The van der Waals surface area contributed by atoms with Crippen LogP contribution in [0.5, 0.6) is 0 Å². The average Bonchev–Trinajstić information content (AvgIpc) is 3.59. The molecule has 0 saturated heterocycles. The van der Waals surface area contributed by atoms with Crippen molar-refractivity contribution >= 4 is 85.4 Å². The van der Waals surface area contributed by atoms with Gasteiger partial charge < -0.3 is 0 Å². The van der Waals surface area contributed by atoms with Crippen LogP contribution in [0.1, 0.15) is 0 Å². The predicted octanol–water partition coefficient (Wildman–Crippen LogP) is 14.8. The minimum absolute atomic E-state index is 1.25. The van der Waals surface area contributed by atoms with Gasteiger partial charge in [0.1, 0.15) is 0 Å². The van der Waals surface area contributed by atoms with Crippen LogP contribution in [0.4, 0.5) is 0 Å². The molecule has 0 aliphatic heterocycles. The van der Waals surface area contributed by atoms with Gasteiger partial charge in [0.2, 0.25) is 0 Å². The smallest absolute Gasteiger partial charge is 0.0440 e. The molecular weight excluding hydrogens is 633 g/mol. The lowest BCUT2D eigenvalue weighted by atomic mass is 9.84. The van der Waals surface area contributed by atoms with Crippen LogP contribution in [-0.4, -0.2) is 0 Å². The lowest BCUT2D eigenvalue weighted by Crippen LogP contribution is -1.91. The molecule has 1 aromatic heterocycles. The van der Waals surface area contributed by atoms with Crippen LogP contribution in [0, 0.1) is 0 Å². The number of fused-ring (bicyclic) bond motifs is 11. The lowest BCUT2D eigenvalue weighted by molar-refractivity contribution is 1.65. The lowest BCUT2D eigenvalue weighted by Gasteiger charge is -2.18. The van der Waals surface area contributed by atoms with Gasteiger partial charge in [0, 0.05) is 25.6 Å². The van der Waals surface area contributed by atoms with Gasteiger partial charge in [-0.05, 0) is 94.0 Å². The van der Waals surface area contributed by atoms with Gasteiger partial charge in [-0.25, -0.2) is 0 Å². The average molecular weight is 663 g/mol. The van der Waals surface area contributed by atoms with Crippen molar-refractivity contribution in [2.45, 2.75) is 0 Å². The molecule has 0 unspecified atom stereocenters. The molecule has 0 aliphatic carbocycles. The van der Waals surface area contributed by atoms with Crippen molar-refractivity contribution in [2.24, 2.45) is 0 Å². The fourth-order valence-electron chi connectivity index (χ4n) is 8.59. The first-order valence-electron chi connectivity index (χ1n) is 17.6. The number of hydrogen-bond donors (Lipinski definition) is 0. The zero-order valence-corrected chi connectivity index (χ0v) is 28.5. The number of benzene rings is 10. The minimum Gasteiger partial charge on any atom is -0.134 e. The molecule has 10 aromatic carbocycles. The molecule has 236 valence electrons. The van der Waals surface area contributed by atoms with Crippen molar-refractivity contribution < 1.29 is 0 Å². The third kappa shape index (κ3) is 4.26. The highest BCUT2D eigenvalue weighted by Crippen LogP contribution is 2.49. The second-order valence-electron chi connectivity index (χ2n) is 13.6. The molecule has 0 atom stereocenters. The molecule has 0 spiro atoms. The van der Waals surface area contributed by atoms with Crippen LogP contribution < -0.4 is 0 Å². The van der Waals surface area contributed by atoms with E-state index in [9.17, 15) is 0 Å². The second-order valence-corrected chi connectivity index (χ2v) is 14.6. The van der Waals surface area contributed by atoms with E-state index in [2.05, 4.69) is 182 Å². The van der Waals surface area contributed by atoms with Crippen molar-refractivity contribution in [3.63, 3.8) is 0 Å². The van der Waals surface area contributed by atoms with Crippen molar-refractivity contribution in [2.75, 3.05) is 0 Å². The molecule has 0 bridgehead atoms. The first-order chi connectivity index (χ1) is 25.3. The maximum atomic E-state index is 2.45. The highest BCUT2D eigenvalue weighted by molar-refractivity contribution is 7.27. The Morgan fingerprint density at radius 3 is 1.61 bits per heavy atom. The monoisotopic (exact) mass is 662 g/mol. The summed E-state index contributed by atoms with van der Waals surface area (Å²) in [6.07, 6.45) is 0. The van der Waals surface area contributed by atoms with Crippen molar-refractivity contribution in [3.8, 4) is 33.4 Å². The van der Waals surface area contributed by atoms with E-state index in [4.69, 9.17) is 0 Å². The molecule has 0 aliphatic rings. The van der Waals surface area contributed by atoms with Gasteiger partial charge in [-0.1, -0.05) is 170 Å². The third-order valence-electron chi connectivity index (χ3n) is 10.8. The highest BCUT2D eigenvalue weighted by Gasteiger charge is 2.20. The molecule has 0 fully saturated rings. The van der Waals surface area contributed by atoms with Crippen LogP contribution in [0.2, 0.25) is 0 Å². The second kappa shape index (κ2) is 11.1. The van der Waals surface area contributed by atoms with E-state index in [0.717, 1.165) is 0 Å². The van der Waals surface area contributed by atoms with Crippen LogP contribution in [0.3, 0.4) is 0 Å². The Labute approximate surface area is 299 Å². The molecule has 0 saturated carbocycles. The molecule has 0 nitrogen and oxygen atoms in total. The fraction of sp³-hybridized carbons (Fsp3) is 0. The van der Waals surface area contributed by atoms with Crippen molar-refractivity contribution in [1.82, 2.24) is 0 Å². The maximum absolute atomic E-state index is 2.45. The van der Waals surface area contributed by atoms with Gasteiger partial charge in [0.05, 0.1) is 0 Å². The predicted molar refractivity (Wildman–Crippen MR) is 223 cm³/mol. The van der Waals surface area contributed by atoms with E-state index < -0.39 is 0 Å². The molecule has 0 amide bonds. The number of thiophene rings is 1. The normalized spacial score (nSPS) is 11.9. The summed E-state index contributed by atoms with van der Waals surface area (Å²) in [5.74, 6) is 0. The Balaban J connectivity index is 1.19. The Morgan fingerprint density at radius 2 is 0.863 bits per heavy atom. The van der Waals surface area contributed by atoms with E-state index in [1.807, 2.05) is 11.3 Å². The first-order valence-corrected chi connectivity index (χ1v) is 18.4. The van der Waals surface area contributed by atoms with Crippen LogP contribution in [0.15, 0.2) is 182 Å². The zero-order valence-electron chi connectivity index (χ0n) is 27.7. The van der Waals surface area contributed by atoms with E-state index in [-0.39, 0.29) is 0 Å². The van der Waals surface area contributed by atoms with Gasteiger partial charge in [0.15, 0.2) is 0 Å². The summed E-state index contributed by atoms with van der Waals surface area (Å²) in [5.41, 5.74) is 7.63. The standard InChI is InChI=1S/C50H30S/c1-2-13-31(14-3-1)33-25-27-43-45(29-33)36-18-6-7-19-38(36)49-44-28-26-34(30-46(44)51-50(43)49)47-39-20-8-10-22-41(39)48(42-23-11-9-21-40(42)47)37-24-12-16-32-15-4-5-17-35(32)37/h1-30H. The Kier molecular flexibility index (Phi) is 6.22. The largest absolute Gasteiger partial charge is 0.134 e. The van der Waals surface area contributed by atoms with Gasteiger partial charge in [-0.3, -0.25) is 0 Å².